The molecule has 1 heterocycles. The number of rotatable bonds is 3. The maximum Gasteiger partial charge on any atom is 0.240 e. The summed E-state index contributed by atoms with van der Waals surface area (Å²) in [4.78, 5) is 0.267. The van der Waals surface area contributed by atoms with Crippen LogP contribution in [-0.4, -0.2) is 26.0 Å². The first-order valence-electron chi connectivity index (χ1n) is 6.37. The monoisotopic (exact) mass is 300 g/mol. The molecule has 0 aliphatic carbocycles. The Kier molecular flexibility index (Phi) is 4.43. The van der Waals surface area contributed by atoms with Gasteiger partial charge in [0.25, 0.3) is 0 Å². The van der Waals surface area contributed by atoms with Gasteiger partial charge in [0.15, 0.2) is 0 Å². The molecule has 106 valence electrons. The van der Waals surface area contributed by atoms with Crippen molar-refractivity contribution in [3.05, 3.63) is 23.3 Å². The quantitative estimate of drug-likeness (QED) is 0.838. The van der Waals surface area contributed by atoms with Crippen molar-refractivity contribution in [3.8, 4) is 0 Å². The number of nitrogens with two attached hydrogens (primary N) is 1. The first-order valence-corrected chi connectivity index (χ1v) is 9.01. The van der Waals surface area contributed by atoms with Crippen LogP contribution in [0, 0.1) is 13.8 Å². The van der Waals surface area contributed by atoms with Crippen LogP contribution in [0.25, 0.3) is 0 Å². The number of anilines is 1. The normalized spacial score (nSPS) is 20.4. The van der Waals surface area contributed by atoms with Crippen molar-refractivity contribution in [3.63, 3.8) is 0 Å². The zero-order valence-electron chi connectivity index (χ0n) is 11.3. The molecule has 3 N–H and O–H groups in total. The average molecular weight is 300 g/mol. The molecule has 0 aromatic heterocycles. The molecule has 1 unspecified atom stereocenters. The zero-order chi connectivity index (χ0) is 14.0. The van der Waals surface area contributed by atoms with Crippen molar-refractivity contribution < 1.29 is 8.42 Å². The van der Waals surface area contributed by atoms with Crippen molar-refractivity contribution in [1.82, 2.24) is 4.72 Å². The molecule has 4 nitrogen and oxygen atoms in total. The maximum absolute atomic E-state index is 12.3. The molecular formula is C13H20N2O2S2. The van der Waals surface area contributed by atoms with E-state index in [2.05, 4.69) is 4.72 Å². The third-order valence-electron chi connectivity index (χ3n) is 3.47. The van der Waals surface area contributed by atoms with Crippen LogP contribution in [0.5, 0.6) is 0 Å². The number of benzene rings is 1. The third kappa shape index (κ3) is 3.43. The lowest BCUT2D eigenvalue weighted by molar-refractivity contribution is 0.543. The second-order valence-corrected chi connectivity index (χ2v) is 7.85. The molecule has 1 atom stereocenters. The molecule has 0 saturated carbocycles. The van der Waals surface area contributed by atoms with Crippen LogP contribution in [0.4, 0.5) is 5.69 Å². The van der Waals surface area contributed by atoms with E-state index in [1.165, 1.54) is 0 Å². The molecule has 6 heteroatoms. The van der Waals surface area contributed by atoms with E-state index in [-0.39, 0.29) is 10.9 Å². The van der Waals surface area contributed by atoms with Crippen molar-refractivity contribution in [1.29, 1.82) is 0 Å². The van der Waals surface area contributed by atoms with Gasteiger partial charge in [0.05, 0.1) is 4.90 Å². The Morgan fingerprint density at radius 2 is 2.11 bits per heavy atom. The minimum Gasteiger partial charge on any atom is -0.398 e. The van der Waals surface area contributed by atoms with Gasteiger partial charge in [-0.25, -0.2) is 13.1 Å². The zero-order valence-corrected chi connectivity index (χ0v) is 12.9. The van der Waals surface area contributed by atoms with Gasteiger partial charge in [0.2, 0.25) is 10.0 Å². The summed E-state index contributed by atoms with van der Waals surface area (Å²) < 4.78 is 27.5. The van der Waals surface area contributed by atoms with Gasteiger partial charge < -0.3 is 5.73 Å². The summed E-state index contributed by atoms with van der Waals surface area (Å²) in [6, 6.07) is 3.26. The smallest absolute Gasteiger partial charge is 0.240 e. The Labute approximate surface area is 119 Å². The molecule has 1 aliphatic heterocycles. The number of sulfonamides is 1. The summed E-state index contributed by atoms with van der Waals surface area (Å²) in [5.41, 5.74) is 8.22. The van der Waals surface area contributed by atoms with Crippen molar-refractivity contribution in [2.24, 2.45) is 0 Å². The van der Waals surface area contributed by atoms with Crippen LogP contribution in [0.2, 0.25) is 0 Å². The second kappa shape index (κ2) is 5.73. The Morgan fingerprint density at radius 1 is 1.37 bits per heavy atom. The number of aryl methyl sites for hydroxylation is 1. The maximum atomic E-state index is 12.3. The van der Waals surface area contributed by atoms with Gasteiger partial charge in [-0.1, -0.05) is 0 Å². The first kappa shape index (κ1) is 14.7. The Morgan fingerprint density at radius 3 is 2.68 bits per heavy atom. The standard InChI is InChI=1S/C13H20N2O2S2/c1-9-6-12(7-13(14)10(9)2)19(16,17)15-11-4-3-5-18-8-11/h6-7,11,15H,3-5,8,14H2,1-2H3. The molecular weight excluding hydrogens is 280 g/mol. The molecule has 0 amide bonds. The molecule has 0 spiro atoms. The molecule has 2 rings (SSSR count). The van der Waals surface area contributed by atoms with Gasteiger partial charge in [-0.15, -0.1) is 0 Å². The lowest BCUT2D eigenvalue weighted by Crippen LogP contribution is -2.38. The van der Waals surface area contributed by atoms with Crippen molar-refractivity contribution >= 4 is 27.5 Å². The summed E-state index contributed by atoms with van der Waals surface area (Å²) in [5, 5.41) is 0. The highest BCUT2D eigenvalue weighted by Crippen LogP contribution is 2.23. The van der Waals surface area contributed by atoms with E-state index in [0.717, 1.165) is 35.5 Å². The van der Waals surface area contributed by atoms with Gasteiger partial charge in [-0.05, 0) is 55.7 Å². The van der Waals surface area contributed by atoms with Gasteiger partial charge in [-0.2, -0.15) is 11.8 Å². The number of nitrogens with one attached hydrogen (secondary N) is 1. The summed E-state index contributed by atoms with van der Waals surface area (Å²) in [5.74, 6) is 1.97. The van der Waals surface area contributed by atoms with Gasteiger partial charge >= 0.3 is 0 Å². The first-order chi connectivity index (χ1) is 8.90. The van der Waals surface area contributed by atoms with E-state index < -0.39 is 10.0 Å². The van der Waals surface area contributed by atoms with Crippen LogP contribution in [-0.2, 0) is 10.0 Å². The van der Waals surface area contributed by atoms with E-state index in [4.69, 9.17) is 5.73 Å². The lowest BCUT2D eigenvalue weighted by Gasteiger charge is -2.22. The SMILES string of the molecule is Cc1cc(S(=O)(=O)NC2CCCSC2)cc(N)c1C. The largest absolute Gasteiger partial charge is 0.398 e. The van der Waals surface area contributed by atoms with Crippen LogP contribution in [0.1, 0.15) is 24.0 Å². The lowest BCUT2D eigenvalue weighted by atomic mass is 10.1. The molecule has 19 heavy (non-hydrogen) atoms. The molecule has 1 saturated heterocycles. The highest BCUT2D eigenvalue weighted by molar-refractivity contribution is 7.99. The van der Waals surface area contributed by atoms with E-state index >= 15 is 0 Å². The topological polar surface area (TPSA) is 72.2 Å². The number of thioether (sulfide) groups is 1. The highest BCUT2D eigenvalue weighted by atomic mass is 32.2. The van der Waals surface area contributed by atoms with Crippen LogP contribution in [0.3, 0.4) is 0 Å². The summed E-state index contributed by atoms with van der Waals surface area (Å²) in [7, 11) is -3.47. The fourth-order valence-electron chi connectivity index (χ4n) is 2.13. The van der Waals surface area contributed by atoms with Crippen LogP contribution < -0.4 is 10.5 Å². The van der Waals surface area contributed by atoms with E-state index in [0.29, 0.717) is 5.69 Å². The van der Waals surface area contributed by atoms with Gasteiger partial charge in [0.1, 0.15) is 0 Å². The number of hydrogen-bond donors (Lipinski definition) is 2. The third-order valence-corrected chi connectivity index (χ3v) is 6.19. The van der Waals surface area contributed by atoms with Crippen molar-refractivity contribution in [2.45, 2.75) is 37.6 Å². The predicted molar refractivity (Wildman–Crippen MR) is 81.0 cm³/mol. The van der Waals surface area contributed by atoms with E-state index in [1.807, 2.05) is 13.8 Å². The van der Waals surface area contributed by atoms with Crippen molar-refractivity contribution in [2.75, 3.05) is 17.2 Å². The van der Waals surface area contributed by atoms with Gasteiger partial charge in [-0.3, -0.25) is 0 Å². The highest BCUT2D eigenvalue weighted by Gasteiger charge is 2.22. The number of nitrogen functional groups attached to an aromatic ring is 1. The number of hydrogen-bond acceptors (Lipinski definition) is 4. The molecule has 1 aliphatic rings. The van der Waals surface area contributed by atoms with E-state index in [9.17, 15) is 8.42 Å². The fraction of sp³-hybridized carbons (Fsp3) is 0.538. The molecule has 0 radical (unpaired) electrons. The Bertz CT molecular complexity index is 541. The molecule has 1 aromatic rings. The van der Waals surface area contributed by atoms with Crippen LogP contribution in [0.15, 0.2) is 17.0 Å². The van der Waals surface area contributed by atoms with Gasteiger partial charge in [0, 0.05) is 17.5 Å². The van der Waals surface area contributed by atoms with E-state index in [1.54, 1.807) is 23.9 Å². The molecule has 0 bridgehead atoms. The minimum absolute atomic E-state index is 0.0339. The Hall–Kier alpha value is -0.720. The second-order valence-electron chi connectivity index (χ2n) is 4.99. The van der Waals surface area contributed by atoms with Crippen LogP contribution >= 0.6 is 11.8 Å². The summed E-state index contributed by atoms with van der Waals surface area (Å²) >= 11 is 1.80. The fourth-order valence-corrected chi connectivity index (χ4v) is 4.70. The molecule has 1 fully saturated rings. The minimum atomic E-state index is -3.47. The Balaban J connectivity index is 2.24. The molecule has 1 aromatic carbocycles. The average Bonchev–Trinajstić information content (AvgIpc) is 2.36. The summed E-state index contributed by atoms with van der Waals surface area (Å²) in [6.07, 6.45) is 1.97. The predicted octanol–water partition coefficient (Wildman–Crippen LogP) is 2.06. The summed E-state index contributed by atoms with van der Waals surface area (Å²) in [6.45, 7) is 3.77.